The zero-order valence-electron chi connectivity index (χ0n) is 7.26. The number of rotatable bonds is 2. The summed E-state index contributed by atoms with van der Waals surface area (Å²) in [6.45, 7) is 1.21. The predicted molar refractivity (Wildman–Crippen MR) is 57.1 cm³/mol. The van der Waals surface area contributed by atoms with Crippen molar-refractivity contribution in [2.75, 3.05) is 18.5 Å². The second-order valence-electron chi connectivity index (χ2n) is 3.29. The van der Waals surface area contributed by atoms with Crippen molar-refractivity contribution in [2.45, 2.75) is 12.3 Å². The van der Waals surface area contributed by atoms with E-state index in [4.69, 9.17) is 5.11 Å². The molecule has 1 heterocycles. The molecule has 0 spiro atoms. The molecule has 1 atom stereocenters. The molecule has 0 aliphatic carbocycles. The van der Waals surface area contributed by atoms with Gasteiger partial charge in [0, 0.05) is 23.5 Å². The van der Waals surface area contributed by atoms with Crippen LogP contribution in [0.1, 0.15) is 17.9 Å². The van der Waals surface area contributed by atoms with Gasteiger partial charge in [0.05, 0.1) is 5.69 Å². The van der Waals surface area contributed by atoms with Crippen LogP contribution in [0.2, 0.25) is 0 Å². The molecule has 0 aromatic heterocycles. The normalized spacial score (nSPS) is 19.7. The fourth-order valence-corrected chi connectivity index (χ4v) is 2.34. The summed E-state index contributed by atoms with van der Waals surface area (Å²) < 4.78 is 1.12. The molecule has 0 amide bonds. The number of aliphatic hydroxyl groups excluding tert-OH is 1. The van der Waals surface area contributed by atoms with Crippen molar-refractivity contribution in [1.82, 2.24) is 0 Å². The van der Waals surface area contributed by atoms with E-state index in [1.807, 2.05) is 12.1 Å². The van der Waals surface area contributed by atoms with Gasteiger partial charge in [-0.25, -0.2) is 0 Å². The lowest BCUT2D eigenvalue weighted by Gasteiger charge is -2.07. The van der Waals surface area contributed by atoms with Gasteiger partial charge < -0.3 is 10.4 Å². The lowest BCUT2D eigenvalue weighted by atomic mass is 9.99. The van der Waals surface area contributed by atoms with E-state index in [-0.39, 0.29) is 6.61 Å². The van der Waals surface area contributed by atoms with E-state index >= 15 is 0 Å². The van der Waals surface area contributed by atoms with Crippen LogP contribution in [0.25, 0.3) is 0 Å². The lowest BCUT2D eigenvalue weighted by Crippen LogP contribution is -2.03. The molecule has 1 unspecified atom stereocenters. The molecular weight excluding hydrogens is 230 g/mol. The Morgan fingerprint density at radius 1 is 1.54 bits per heavy atom. The van der Waals surface area contributed by atoms with E-state index in [0.717, 1.165) is 17.4 Å². The summed E-state index contributed by atoms with van der Waals surface area (Å²) in [6.07, 6.45) is 0.844. The van der Waals surface area contributed by atoms with Gasteiger partial charge in [0.25, 0.3) is 0 Å². The Balaban J connectivity index is 2.32. The van der Waals surface area contributed by atoms with Crippen molar-refractivity contribution >= 4 is 21.6 Å². The third-order valence-electron chi connectivity index (χ3n) is 2.49. The van der Waals surface area contributed by atoms with Crippen LogP contribution in [-0.2, 0) is 0 Å². The highest BCUT2D eigenvalue weighted by Crippen LogP contribution is 2.38. The fourth-order valence-electron chi connectivity index (χ4n) is 1.82. The first kappa shape index (κ1) is 9.03. The van der Waals surface area contributed by atoms with E-state index in [9.17, 15) is 0 Å². The molecule has 1 aliphatic heterocycles. The van der Waals surface area contributed by atoms with Crippen molar-refractivity contribution in [3.8, 4) is 0 Å². The van der Waals surface area contributed by atoms with Crippen LogP contribution in [-0.4, -0.2) is 18.3 Å². The molecule has 0 saturated carbocycles. The van der Waals surface area contributed by atoms with Gasteiger partial charge in [0.1, 0.15) is 0 Å². The third-order valence-corrected chi connectivity index (χ3v) is 3.15. The maximum absolute atomic E-state index is 8.88. The lowest BCUT2D eigenvalue weighted by molar-refractivity contribution is 0.278. The molecule has 0 saturated heterocycles. The summed E-state index contributed by atoms with van der Waals surface area (Å²) in [5.74, 6) is 0.470. The van der Waals surface area contributed by atoms with Crippen LogP contribution in [0.5, 0.6) is 0 Å². The van der Waals surface area contributed by atoms with Crippen LogP contribution in [0.4, 0.5) is 5.69 Å². The second-order valence-corrected chi connectivity index (χ2v) is 4.15. The molecule has 0 bridgehead atoms. The maximum atomic E-state index is 8.88. The largest absolute Gasteiger partial charge is 0.396 e. The van der Waals surface area contributed by atoms with Crippen LogP contribution >= 0.6 is 15.9 Å². The van der Waals surface area contributed by atoms with E-state index in [1.54, 1.807) is 0 Å². The number of anilines is 1. The average Bonchev–Trinajstić information content (AvgIpc) is 2.51. The van der Waals surface area contributed by atoms with Crippen LogP contribution < -0.4 is 5.32 Å². The Labute approximate surface area is 86.1 Å². The van der Waals surface area contributed by atoms with Crippen molar-refractivity contribution in [1.29, 1.82) is 0 Å². The minimum atomic E-state index is 0.262. The highest BCUT2D eigenvalue weighted by Gasteiger charge is 2.22. The first-order chi connectivity index (χ1) is 6.33. The first-order valence-corrected chi connectivity index (χ1v) is 5.25. The topological polar surface area (TPSA) is 32.3 Å². The monoisotopic (exact) mass is 241 g/mol. The molecule has 2 N–H and O–H groups in total. The smallest absolute Gasteiger partial charge is 0.0520 e. The van der Waals surface area contributed by atoms with Crippen molar-refractivity contribution in [3.05, 3.63) is 28.2 Å². The minimum absolute atomic E-state index is 0.262. The van der Waals surface area contributed by atoms with Crippen molar-refractivity contribution in [2.24, 2.45) is 0 Å². The highest BCUT2D eigenvalue weighted by atomic mass is 79.9. The molecule has 0 radical (unpaired) electrons. The van der Waals surface area contributed by atoms with Gasteiger partial charge in [0.2, 0.25) is 0 Å². The summed E-state index contributed by atoms with van der Waals surface area (Å²) >= 11 is 3.50. The molecule has 2 nitrogen and oxygen atoms in total. The van der Waals surface area contributed by atoms with Crippen LogP contribution in [0.15, 0.2) is 22.7 Å². The number of benzene rings is 1. The number of aliphatic hydroxyl groups is 1. The molecule has 2 rings (SSSR count). The number of fused-ring (bicyclic) bond motifs is 1. The number of halogens is 1. The van der Waals surface area contributed by atoms with Gasteiger partial charge in [-0.1, -0.05) is 12.1 Å². The Kier molecular flexibility index (Phi) is 2.56. The average molecular weight is 242 g/mol. The molecule has 3 heteroatoms. The van der Waals surface area contributed by atoms with Crippen molar-refractivity contribution in [3.63, 3.8) is 0 Å². The van der Waals surface area contributed by atoms with Gasteiger partial charge in [-0.3, -0.25) is 0 Å². The Hall–Kier alpha value is -0.540. The molecule has 1 aromatic rings. The molecule has 1 aromatic carbocycles. The quantitative estimate of drug-likeness (QED) is 0.834. The predicted octanol–water partition coefficient (Wildman–Crippen LogP) is 2.34. The summed E-state index contributed by atoms with van der Waals surface area (Å²) in [6, 6.07) is 6.20. The third kappa shape index (κ3) is 1.58. The summed E-state index contributed by atoms with van der Waals surface area (Å²) in [5.41, 5.74) is 2.52. The zero-order chi connectivity index (χ0) is 9.26. The highest BCUT2D eigenvalue weighted by molar-refractivity contribution is 9.10. The summed E-state index contributed by atoms with van der Waals surface area (Å²) in [7, 11) is 0. The number of hydrogen-bond donors (Lipinski definition) is 2. The number of para-hydroxylation sites is 1. The van der Waals surface area contributed by atoms with E-state index in [0.29, 0.717) is 5.92 Å². The second kappa shape index (κ2) is 3.68. The van der Waals surface area contributed by atoms with Gasteiger partial charge in [-0.15, -0.1) is 0 Å². The standard InChI is InChI=1S/C10H12BrNO/c11-9-3-1-2-8-7(4-5-13)6-12-10(8)9/h1-3,7,12-13H,4-6H2. The van der Waals surface area contributed by atoms with E-state index < -0.39 is 0 Å². The van der Waals surface area contributed by atoms with E-state index in [2.05, 4.69) is 27.3 Å². The Morgan fingerprint density at radius 3 is 3.15 bits per heavy atom. The van der Waals surface area contributed by atoms with Crippen LogP contribution in [0, 0.1) is 0 Å². The van der Waals surface area contributed by atoms with Crippen LogP contribution in [0.3, 0.4) is 0 Å². The molecule has 0 fully saturated rings. The number of nitrogens with one attached hydrogen (secondary N) is 1. The SMILES string of the molecule is OCCC1CNc2c(Br)cccc21. The van der Waals surface area contributed by atoms with E-state index in [1.165, 1.54) is 11.3 Å². The first-order valence-electron chi connectivity index (χ1n) is 4.46. The Bertz CT molecular complexity index is 314. The van der Waals surface area contributed by atoms with Gasteiger partial charge in [-0.2, -0.15) is 0 Å². The molecule has 1 aliphatic rings. The van der Waals surface area contributed by atoms with Gasteiger partial charge >= 0.3 is 0 Å². The van der Waals surface area contributed by atoms with Gasteiger partial charge in [-0.05, 0) is 34.0 Å². The molecule has 70 valence electrons. The van der Waals surface area contributed by atoms with Crippen molar-refractivity contribution < 1.29 is 5.11 Å². The molecular formula is C10H12BrNO. The summed E-state index contributed by atoms with van der Waals surface area (Å²) in [4.78, 5) is 0. The number of hydrogen-bond acceptors (Lipinski definition) is 2. The summed E-state index contributed by atoms with van der Waals surface area (Å²) in [5, 5.41) is 12.2. The maximum Gasteiger partial charge on any atom is 0.0520 e. The fraction of sp³-hybridized carbons (Fsp3) is 0.400. The van der Waals surface area contributed by atoms with Gasteiger partial charge in [0.15, 0.2) is 0 Å². The molecule has 13 heavy (non-hydrogen) atoms. The zero-order valence-corrected chi connectivity index (χ0v) is 8.84. The minimum Gasteiger partial charge on any atom is -0.396 e. The Morgan fingerprint density at radius 2 is 2.38 bits per heavy atom.